The van der Waals surface area contributed by atoms with Gasteiger partial charge in [0.2, 0.25) is 0 Å². The van der Waals surface area contributed by atoms with E-state index in [0.717, 1.165) is 19.5 Å². The molecule has 1 aromatic carbocycles. The molecule has 3 heteroatoms. The van der Waals surface area contributed by atoms with Crippen LogP contribution in [0.3, 0.4) is 0 Å². The second-order valence-corrected chi connectivity index (χ2v) is 4.48. The first kappa shape index (κ1) is 10.4. The lowest BCUT2D eigenvalue weighted by atomic mass is 9.87. The van der Waals surface area contributed by atoms with Crippen molar-refractivity contribution in [3.05, 3.63) is 59.7 Å². The Bertz CT molecular complexity index is 496. The van der Waals surface area contributed by atoms with E-state index in [2.05, 4.69) is 39.6 Å². The molecule has 3 rings (SSSR count). The third kappa shape index (κ3) is 2.19. The molecular weight excluding hydrogens is 210 g/mol. The topological polar surface area (TPSA) is 37.8 Å². The van der Waals surface area contributed by atoms with Gasteiger partial charge in [-0.05, 0) is 23.1 Å². The first-order valence-corrected chi connectivity index (χ1v) is 5.96. The van der Waals surface area contributed by atoms with Crippen LogP contribution in [0.15, 0.2) is 43.0 Å². The van der Waals surface area contributed by atoms with Gasteiger partial charge in [0.15, 0.2) is 0 Å². The average Bonchev–Trinajstić information content (AvgIpc) is 2.40. The lowest BCUT2D eigenvalue weighted by Gasteiger charge is -2.26. The Kier molecular flexibility index (Phi) is 2.84. The number of nitrogens with zero attached hydrogens (tertiary/aromatic N) is 2. The minimum absolute atomic E-state index is 0.533. The van der Waals surface area contributed by atoms with Gasteiger partial charge < -0.3 is 5.32 Å². The number of rotatable bonds is 2. The van der Waals surface area contributed by atoms with E-state index >= 15 is 0 Å². The van der Waals surface area contributed by atoms with Gasteiger partial charge in [-0.15, -0.1) is 0 Å². The molecule has 0 spiro atoms. The summed E-state index contributed by atoms with van der Waals surface area (Å²) in [6, 6.07) is 8.67. The van der Waals surface area contributed by atoms with E-state index < -0.39 is 0 Å². The minimum atomic E-state index is 0.533. The van der Waals surface area contributed by atoms with Crippen molar-refractivity contribution in [2.45, 2.75) is 18.9 Å². The monoisotopic (exact) mass is 225 g/mol. The van der Waals surface area contributed by atoms with E-state index in [0.29, 0.717) is 5.92 Å². The van der Waals surface area contributed by atoms with Gasteiger partial charge in [0.05, 0.1) is 0 Å². The molecular formula is C14H15N3. The van der Waals surface area contributed by atoms with Crippen LogP contribution in [-0.2, 0) is 13.0 Å². The maximum Gasteiger partial charge on any atom is 0.115 e. The molecule has 1 N–H and O–H groups in total. The van der Waals surface area contributed by atoms with E-state index in [1.807, 2.05) is 12.4 Å². The van der Waals surface area contributed by atoms with Crippen LogP contribution >= 0.6 is 0 Å². The Hall–Kier alpha value is -1.74. The van der Waals surface area contributed by atoms with Crippen molar-refractivity contribution >= 4 is 0 Å². The summed E-state index contributed by atoms with van der Waals surface area (Å²) in [7, 11) is 0. The van der Waals surface area contributed by atoms with Crippen molar-refractivity contribution in [3.8, 4) is 0 Å². The lowest BCUT2D eigenvalue weighted by molar-refractivity contribution is 0.538. The van der Waals surface area contributed by atoms with Gasteiger partial charge >= 0.3 is 0 Å². The third-order valence-corrected chi connectivity index (χ3v) is 3.30. The fourth-order valence-corrected chi connectivity index (χ4v) is 2.49. The molecule has 1 atom stereocenters. The van der Waals surface area contributed by atoms with E-state index in [4.69, 9.17) is 0 Å². The fraction of sp³-hybridized carbons (Fsp3) is 0.286. The Morgan fingerprint density at radius 3 is 2.88 bits per heavy atom. The van der Waals surface area contributed by atoms with E-state index in [9.17, 15) is 0 Å². The van der Waals surface area contributed by atoms with Gasteiger partial charge in [0, 0.05) is 31.4 Å². The summed E-state index contributed by atoms with van der Waals surface area (Å²) in [6.45, 7) is 2.02. The highest BCUT2D eigenvalue weighted by molar-refractivity contribution is 5.33. The molecule has 0 amide bonds. The van der Waals surface area contributed by atoms with Crippen LogP contribution in [0.2, 0.25) is 0 Å². The maximum atomic E-state index is 4.07. The molecule has 3 nitrogen and oxygen atoms in total. The van der Waals surface area contributed by atoms with Crippen LogP contribution in [0.25, 0.3) is 0 Å². The normalized spacial score (nSPS) is 18.7. The van der Waals surface area contributed by atoms with Crippen molar-refractivity contribution in [1.29, 1.82) is 0 Å². The van der Waals surface area contributed by atoms with Gasteiger partial charge in [-0.3, -0.25) is 0 Å². The molecule has 2 aromatic rings. The summed E-state index contributed by atoms with van der Waals surface area (Å²) < 4.78 is 0. The van der Waals surface area contributed by atoms with Crippen molar-refractivity contribution in [2.75, 3.05) is 6.54 Å². The van der Waals surface area contributed by atoms with Crippen LogP contribution in [0.4, 0.5) is 0 Å². The van der Waals surface area contributed by atoms with Crippen molar-refractivity contribution in [2.24, 2.45) is 0 Å². The highest BCUT2D eigenvalue weighted by Gasteiger charge is 2.19. The zero-order chi connectivity index (χ0) is 11.5. The average molecular weight is 225 g/mol. The Labute approximate surface area is 101 Å². The molecule has 1 unspecified atom stereocenters. The predicted molar refractivity (Wildman–Crippen MR) is 66.6 cm³/mol. The first-order chi connectivity index (χ1) is 8.43. The van der Waals surface area contributed by atoms with Crippen molar-refractivity contribution < 1.29 is 0 Å². The fourth-order valence-electron chi connectivity index (χ4n) is 2.49. The Morgan fingerprint density at radius 2 is 2.00 bits per heavy atom. The highest BCUT2D eigenvalue weighted by Crippen LogP contribution is 2.26. The molecule has 0 fully saturated rings. The predicted octanol–water partition coefficient (Wildman–Crippen LogP) is 1.91. The number of hydrogen-bond acceptors (Lipinski definition) is 3. The van der Waals surface area contributed by atoms with Gasteiger partial charge in [-0.25, -0.2) is 9.97 Å². The summed E-state index contributed by atoms with van der Waals surface area (Å²) >= 11 is 0. The number of fused-ring (bicyclic) bond motifs is 1. The molecule has 17 heavy (non-hydrogen) atoms. The molecule has 0 aliphatic carbocycles. The molecule has 1 aliphatic rings. The number of benzene rings is 1. The second-order valence-electron chi connectivity index (χ2n) is 4.48. The number of aromatic nitrogens is 2. The van der Waals surface area contributed by atoms with Crippen molar-refractivity contribution in [3.63, 3.8) is 0 Å². The summed E-state index contributed by atoms with van der Waals surface area (Å²) in [5.41, 5.74) is 4.09. The first-order valence-electron chi connectivity index (χ1n) is 5.96. The SMILES string of the molecule is c1ccc2c(c1)CNCC2Cc1cncnc1. The van der Waals surface area contributed by atoms with E-state index in [-0.39, 0.29) is 0 Å². The highest BCUT2D eigenvalue weighted by atomic mass is 14.9. The Morgan fingerprint density at radius 1 is 1.18 bits per heavy atom. The van der Waals surface area contributed by atoms with Gasteiger partial charge in [0.25, 0.3) is 0 Å². The molecule has 86 valence electrons. The van der Waals surface area contributed by atoms with Crippen molar-refractivity contribution in [1.82, 2.24) is 15.3 Å². The molecule has 1 aliphatic heterocycles. The number of nitrogens with one attached hydrogen (secondary N) is 1. The third-order valence-electron chi connectivity index (χ3n) is 3.30. The van der Waals surface area contributed by atoms with Crippen LogP contribution in [0.1, 0.15) is 22.6 Å². The van der Waals surface area contributed by atoms with Gasteiger partial charge in [0.1, 0.15) is 6.33 Å². The molecule has 0 saturated carbocycles. The summed E-state index contributed by atoms with van der Waals surface area (Å²) in [5, 5.41) is 3.47. The smallest absolute Gasteiger partial charge is 0.115 e. The quantitative estimate of drug-likeness (QED) is 0.848. The lowest BCUT2D eigenvalue weighted by Crippen LogP contribution is -2.29. The molecule has 2 heterocycles. The summed E-state index contributed by atoms with van der Waals surface area (Å²) in [4.78, 5) is 8.15. The van der Waals surface area contributed by atoms with Crippen LogP contribution in [0.5, 0.6) is 0 Å². The zero-order valence-corrected chi connectivity index (χ0v) is 9.63. The zero-order valence-electron chi connectivity index (χ0n) is 9.63. The molecule has 0 radical (unpaired) electrons. The summed E-state index contributed by atoms with van der Waals surface area (Å²) in [5.74, 6) is 0.533. The van der Waals surface area contributed by atoms with Crippen LogP contribution < -0.4 is 5.32 Å². The van der Waals surface area contributed by atoms with E-state index in [1.165, 1.54) is 16.7 Å². The second kappa shape index (κ2) is 4.63. The molecule has 1 aromatic heterocycles. The van der Waals surface area contributed by atoms with E-state index in [1.54, 1.807) is 6.33 Å². The standard InChI is InChI=1S/C14H15N3/c1-2-4-14-12(3-1)8-15-9-13(14)5-11-6-16-10-17-7-11/h1-4,6-7,10,13,15H,5,8-9H2. The van der Waals surface area contributed by atoms with Gasteiger partial charge in [-0.2, -0.15) is 0 Å². The van der Waals surface area contributed by atoms with Crippen LogP contribution in [-0.4, -0.2) is 16.5 Å². The van der Waals surface area contributed by atoms with Gasteiger partial charge in [-0.1, -0.05) is 24.3 Å². The van der Waals surface area contributed by atoms with Crippen LogP contribution in [0, 0.1) is 0 Å². The molecule has 0 bridgehead atoms. The minimum Gasteiger partial charge on any atom is -0.312 e. The summed E-state index contributed by atoms with van der Waals surface area (Å²) in [6.07, 6.45) is 6.40. The number of hydrogen-bond donors (Lipinski definition) is 1. The Balaban J connectivity index is 1.86. The maximum absolute atomic E-state index is 4.07. The largest absolute Gasteiger partial charge is 0.312 e. The molecule has 0 saturated heterocycles.